The van der Waals surface area contributed by atoms with Crippen LogP contribution in [0.4, 0.5) is 0 Å². The van der Waals surface area contributed by atoms with Crippen LogP contribution in [0.3, 0.4) is 0 Å². The number of aromatic nitrogens is 4. The number of aliphatic hydroxyl groups excluding tert-OH is 2. The van der Waals surface area contributed by atoms with Gasteiger partial charge in [-0.05, 0) is 65.5 Å². The van der Waals surface area contributed by atoms with E-state index in [2.05, 4.69) is 0 Å². The molecule has 2 unspecified atom stereocenters. The van der Waals surface area contributed by atoms with Gasteiger partial charge in [-0.2, -0.15) is 0 Å². The molecular formula is C34H36N4O6Zn-4. The molecule has 234 valence electrons. The summed E-state index contributed by atoms with van der Waals surface area (Å²) < 4.78 is 0. The predicted octanol–water partition coefficient (Wildman–Crippen LogP) is 0.516. The molecule has 0 fully saturated rings. The summed E-state index contributed by atoms with van der Waals surface area (Å²) in [4.78, 5) is 42.6. The summed E-state index contributed by atoms with van der Waals surface area (Å²) in [5, 5.41) is 42.7. The van der Waals surface area contributed by atoms with Crippen LogP contribution in [-0.2, 0) is 41.9 Å². The molecule has 1 aliphatic heterocycles. The smallest absolute Gasteiger partial charge is 0.303 e. The molecule has 45 heavy (non-hydrogen) atoms. The van der Waals surface area contributed by atoms with Crippen molar-refractivity contribution in [3.05, 3.63) is 88.7 Å². The third kappa shape index (κ3) is 6.57. The van der Waals surface area contributed by atoms with Gasteiger partial charge >= 0.3 is 11.9 Å². The second kappa shape index (κ2) is 13.2. The molecule has 1 aliphatic rings. The zero-order valence-electron chi connectivity index (χ0n) is 26.4. The van der Waals surface area contributed by atoms with Crippen LogP contribution in [-0.4, -0.2) is 32.4 Å². The zero-order valence-corrected chi connectivity index (χ0v) is 29.4. The van der Waals surface area contributed by atoms with Gasteiger partial charge in [0.1, 0.15) is 0 Å². The number of hydrogen-bond donors (Lipinski definition) is 4. The van der Waals surface area contributed by atoms with E-state index in [4.69, 9.17) is 19.9 Å². The quantitative estimate of drug-likeness (QED) is 0.172. The second-order valence-electron chi connectivity index (χ2n) is 11.5. The molecule has 2 atom stereocenters. The Hall–Kier alpha value is -3.92. The molecule has 4 aromatic heterocycles. The Labute approximate surface area is 273 Å². The van der Waals surface area contributed by atoms with Crippen LogP contribution in [0.1, 0.15) is 106 Å². The number of fused-ring (bicyclic) bond motifs is 8. The molecule has 11 heteroatoms. The number of carboxylic acids is 2. The van der Waals surface area contributed by atoms with Crippen molar-refractivity contribution in [3.8, 4) is 0 Å². The number of aliphatic hydroxyl groups is 2. The maximum absolute atomic E-state index is 11.5. The Bertz CT molecular complexity index is 2040. The van der Waals surface area contributed by atoms with Gasteiger partial charge in [0.25, 0.3) is 0 Å². The number of rotatable bonds is 8. The molecule has 0 saturated heterocycles. The standard InChI is InChI=1S/C34H36N4O6.Zn/c1-15-21(7-9-31(41)42)27-14-28-22(8-10-32(43)44)16(2)24(36-28)12-29-34(20(6)40)18(4)26(38-29)13-30-33(19(5)39)17(3)25(37-30)11-23(15)35-27;/h11-14,19-20,39-40H,7-10H2,1-6H3,(H,41,42)(H,43,44);/q-4;/b23-11-,24-12?,25-11?,26-13-,27-14-,28-14?,29-12-,30-13?;. The van der Waals surface area contributed by atoms with Gasteiger partial charge in [0, 0.05) is 32.3 Å². The maximum atomic E-state index is 11.5. The molecule has 5 heterocycles. The number of nitrogens with zero attached hydrogens (tertiary/aromatic N) is 4. The minimum Gasteiger partial charge on any atom is -0.657 e. The molecule has 4 N–H and O–H groups in total. The molecule has 10 nitrogen and oxygen atoms in total. The second-order valence-corrected chi connectivity index (χ2v) is 11.5. The Morgan fingerprint density at radius 2 is 1.04 bits per heavy atom. The Kier molecular flexibility index (Phi) is 9.97. The number of carboxylic acid groups (broad SMARTS) is 2. The molecule has 0 amide bonds. The summed E-state index contributed by atoms with van der Waals surface area (Å²) in [7, 11) is 0. The SMILES string of the molecule is Cc1c2[n-]c(c1CCC(=O)O)/C=c1\[n-]/c(c(C)c1CCC(=O)O)=C\c1[n-]c(c(C(C)O)c1C)/C=c1\[n-]/c(c(C(C)O)c1C)=C\2.[Zn]. The Balaban J connectivity index is 0.00000461. The molecular weight excluding hydrogens is 626 g/mol. The Morgan fingerprint density at radius 1 is 0.578 bits per heavy atom. The summed E-state index contributed by atoms with van der Waals surface area (Å²) in [5.41, 5.74) is 8.32. The van der Waals surface area contributed by atoms with Gasteiger partial charge in [0.15, 0.2) is 0 Å². The fraction of sp³-hybridized carbons (Fsp3) is 0.353. The van der Waals surface area contributed by atoms with Crippen LogP contribution < -0.4 is 41.3 Å². The number of carbonyl (C=O) groups is 2. The van der Waals surface area contributed by atoms with Gasteiger partial charge < -0.3 is 40.4 Å². The minimum atomic E-state index is -0.931. The van der Waals surface area contributed by atoms with Crippen molar-refractivity contribution < 1.29 is 49.5 Å². The van der Waals surface area contributed by atoms with Crippen molar-refractivity contribution in [2.45, 2.75) is 79.4 Å². The van der Waals surface area contributed by atoms with Crippen molar-refractivity contribution in [3.63, 3.8) is 0 Å². The first-order valence-corrected chi connectivity index (χ1v) is 14.6. The van der Waals surface area contributed by atoms with Crippen molar-refractivity contribution in [1.29, 1.82) is 0 Å². The fourth-order valence-corrected chi connectivity index (χ4v) is 6.15. The van der Waals surface area contributed by atoms with Crippen LogP contribution in [0.15, 0.2) is 0 Å². The molecule has 0 aromatic carbocycles. The minimum absolute atomic E-state index is 0. The largest absolute Gasteiger partial charge is 0.657 e. The van der Waals surface area contributed by atoms with Crippen LogP contribution in [0.25, 0.3) is 24.3 Å². The predicted molar refractivity (Wildman–Crippen MR) is 164 cm³/mol. The van der Waals surface area contributed by atoms with Gasteiger partial charge in [-0.25, -0.2) is 0 Å². The summed E-state index contributed by atoms with van der Waals surface area (Å²) in [6, 6.07) is 0. The van der Waals surface area contributed by atoms with Crippen LogP contribution >= 0.6 is 0 Å². The monoisotopic (exact) mass is 660 g/mol. The molecule has 5 rings (SSSR count). The number of aliphatic carboxylic acids is 2. The van der Waals surface area contributed by atoms with Gasteiger partial charge in [-0.15, -0.1) is 44.2 Å². The zero-order chi connectivity index (χ0) is 32.0. The van der Waals surface area contributed by atoms with Crippen LogP contribution in [0.5, 0.6) is 0 Å². The Morgan fingerprint density at radius 3 is 1.64 bits per heavy atom. The van der Waals surface area contributed by atoms with Gasteiger partial charge in [-0.1, -0.05) is 57.7 Å². The van der Waals surface area contributed by atoms with Crippen LogP contribution in [0, 0.1) is 27.7 Å². The van der Waals surface area contributed by atoms with E-state index in [1.807, 2.05) is 39.8 Å². The van der Waals surface area contributed by atoms with E-state index >= 15 is 0 Å². The summed E-state index contributed by atoms with van der Waals surface area (Å²) in [5.74, 6) is -1.86. The summed E-state index contributed by atoms with van der Waals surface area (Å²) in [6.45, 7) is 10.9. The third-order valence-electron chi connectivity index (χ3n) is 8.49. The molecule has 0 aliphatic carbocycles. The van der Waals surface area contributed by atoms with Crippen LogP contribution in [0.2, 0.25) is 0 Å². The topological polar surface area (TPSA) is 171 Å². The molecule has 0 spiro atoms. The average Bonchev–Trinajstić information content (AvgIpc) is 3.59. The molecule has 0 radical (unpaired) electrons. The van der Waals surface area contributed by atoms with E-state index < -0.39 is 24.1 Å². The van der Waals surface area contributed by atoms with Crippen molar-refractivity contribution in [2.75, 3.05) is 0 Å². The van der Waals surface area contributed by atoms with E-state index in [0.717, 1.165) is 33.4 Å². The van der Waals surface area contributed by atoms with E-state index in [1.165, 1.54) is 0 Å². The number of hydrogen-bond acceptors (Lipinski definition) is 4. The molecule has 8 bridgehead atoms. The first-order chi connectivity index (χ1) is 20.8. The normalized spacial score (nSPS) is 16.5. The molecule has 4 aromatic rings. The van der Waals surface area contributed by atoms with Crippen molar-refractivity contribution in [1.82, 2.24) is 19.9 Å². The molecule has 0 saturated carbocycles. The van der Waals surface area contributed by atoms with Crippen molar-refractivity contribution >= 4 is 36.2 Å². The van der Waals surface area contributed by atoms with E-state index in [9.17, 15) is 30.0 Å². The summed E-state index contributed by atoms with van der Waals surface area (Å²) in [6.07, 6.45) is 5.93. The van der Waals surface area contributed by atoms with Gasteiger partial charge in [0.2, 0.25) is 0 Å². The summed E-state index contributed by atoms with van der Waals surface area (Å²) >= 11 is 0. The first-order valence-electron chi connectivity index (χ1n) is 14.6. The van der Waals surface area contributed by atoms with E-state index in [1.54, 1.807) is 26.0 Å². The first kappa shape index (κ1) is 34.0. The van der Waals surface area contributed by atoms with Gasteiger partial charge in [0.05, 0.1) is 12.2 Å². The van der Waals surface area contributed by atoms with Crippen molar-refractivity contribution in [2.24, 2.45) is 0 Å². The fourth-order valence-electron chi connectivity index (χ4n) is 6.15. The van der Waals surface area contributed by atoms with E-state index in [0.29, 0.717) is 55.3 Å². The average molecular weight is 662 g/mol. The van der Waals surface area contributed by atoms with Gasteiger partial charge in [-0.3, -0.25) is 9.59 Å². The third-order valence-corrected chi connectivity index (χ3v) is 8.49. The maximum Gasteiger partial charge on any atom is 0.303 e. The van der Waals surface area contributed by atoms with E-state index in [-0.39, 0.29) is 45.2 Å².